The molecule has 2 N–H and O–H groups in total. The molecule has 9 heteroatoms. The summed E-state index contributed by atoms with van der Waals surface area (Å²) in [6.45, 7) is 2.62. The molecule has 0 aliphatic carbocycles. The molecule has 21 heavy (non-hydrogen) atoms. The van der Waals surface area contributed by atoms with Crippen molar-refractivity contribution in [2.24, 2.45) is 7.05 Å². The highest BCUT2D eigenvalue weighted by molar-refractivity contribution is 9.10. The van der Waals surface area contributed by atoms with Gasteiger partial charge < -0.3 is 5.32 Å². The van der Waals surface area contributed by atoms with Gasteiger partial charge in [0.25, 0.3) is 0 Å². The van der Waals surface area contributed by atoms with E-state index in [1.54, 1.807) is 30.2 Å². The van der Waals surface area contributed by atoms with Crippen LogP contribution in [0.3, 0.4) is 0 Å². The normalized spacial score (nSPS) is 11.6. The van der Waals surface area contributed by atoms with Gasteiger partial charge in [-0.25, -0.2) is 18.1 Å². The fraction of sp³-hybridized carbons (Fsp3) is 0.333. The second-order valence-corrected chi connectivity index (χ2v) is 6.95. The number of aryl methyl sites for hydroxylation is 1. The zero-order chi connectivity index (χ0) is 15.5. The maximum atomic E-state index is 12.4. The van der Waals surface area contributed by atoms with E-state index in [0.29, 0.717) is 16.8 Å². The number of hydrogen-bond acceptors (Lipinski definition) is 5. The van der Waals surface area contributed by atoms with Crippen LogP contribution in [0.2, 0.25) is 0 Å². The van der Waals surface area contributed by atoms with E-state index in [1.807, 2.05) is 6.92 Å². The van der Waals surface area contributed by atoms with Crippen LogP contribution in [0.25, 0.3) is 0 Å². The van der Waals surface area contributed by atoms with Crippen molar-refractivity contribution in [3.63, 3.8) is 0 Å². The van der Waals surface area contributed by atoms with Gasteiger partial charge in [0.2, 0.25) is 10.0 Å². The van der Waals surface area contributed by atoms with Gasteiger partial charge in [-0.05, 0) is 35.0 Å². The van der Waals surface area contributed by atoms with Crippen LogP contribution in [-0.4, -0.2) is 29.7 Å². The van der Waals surface area contributed by atoms with Crippen LogP contribution in [-0.2, 0) is 23.6 Å². The summed E-state index contributed by atoms with van der Waals surface area (Å²) in [5, 5.41) is 6.95. The molecule has 2 rings (SSSR count). The van der Waals surface area contributed by atoms with E-state index in [2.05, 4.69) is 36.1 Å². The van der Waals surface area contributed by atoms with Gasteiger partial charge >= 0.3 is 0 Å². The first kappa shape index (κ1) is 15.9. The lowest BCUT2D eigenvalue weighted by Crippen LogP contribution is -2.25. The van der Waals surface area contributed by atoms with E-state index in [4.69, 9.17) is 0 Å². The number of nitrogens with one attached hydrogen (secondary N) is 2. The van der Waals surface area contributed by atoms with Gasteiger partial charge in [0.05, 0.1) is 12.2 Å². The third kappa shape index (κ3) is 3.80. The van der Waals surface area contributed by atoms with Crippen LogP contribution in [0.15, 0.2) is 33.9 Å². The maximum absolute atomic E-state index is 12.4. The predicted octanol–water partition coefficient (Wildman–Crippen LogP) is 1.49. The first-order valence-electron chi connectivity index (χ1n) is 6.30. The Morgan fingerprint density at radius 3 is 2.81 bits per heavy atom. The smallest absolute Gasteiger partial charge is 0.244 e. The van der Waals surface area contributed by atoms with E-state index in [9.17, 15) is 8.42 Å². The SMILES string of the molecule is CCNc1ncc(Br)cc1S(=O)(=O)NCc1ccnn1C. The second kappa shape index (κ2) is 6.54. The molecule has 114 valence electrons. The summed E-state index contributed by atoms with van der Waals surface area (Å²) in [5.41, 5.74) is 0.770. The Bertz CT molecular complexity index is 729. The molecule has 0 bridgehead atoms. The lowest BCUT2D eigenvalue weighted by Gasteiger charge is -2.12. The molecule has 0 fully saturated rings. The number of aromatic nitrogens is 3. The molecule has 0 spiro atoms. The lowest BCUT2D eigenvalue weighted by molar-refractivity contribution is 0.577. The molecular formula is C12H16BrN5O2S. The third-order valence-corrected chi connectivity index (χ3v) is 4.67. The van der Waals surface area contributed by atoms with Gasteiger partial charge in [-0.1, -0.05) is 0 Å². The Morgan fingerprint density at radius 1 is 1.43 bits per heavy atom. The zero-order valence-corrected chi connectivity index (χ0v) is 14.1. The summed E-state index contributed by atoms with van der Waals surface area (Å²) in [4.78, 5) is 4.21. The molecule has 7 nitrogen and oxygen atoms in total. The molecule has 0 saturated carbocycles. The highest BCUT2D eigenvalue weighted by Crippen LogP contribution is 2.22. The summed E-state index contributed by atoms with van der Waals surface area (Å²) < 4.78 is 29.7. The van der Waals surface area contributed by atoms with Crippen LogP contribution in [0.4, 0.5) is 5.82 Å². The average molecular weight is 374 g/mol. The molecule has 0 unspecified atom stereocenters. The van der Waals surface area contributed by atoms with E-state index in [-0.39, 0.29) is 11.4 Å². The minimum Gasteiger partial charge on any atom is -0.369 e. The van der Waals surface area contributed by atoms with Crippen LogP contribution in [0.1, 0.15) is 12.6 Å². The number of halogens is 1. The standard InChI is InChI=1S/C12H16BrN5O2S/c1-3-14-12-11(6-9(13)7-15-12)21(19,20)17-8-10-4-5-16-18(10)2/h4-7,17H,3,8H2,1-2H3,(H,14,15). The molecule has 0 aliphatic rings. The van der Waals surface area contributed by atoms with E-state index < -0.39 is 10.0 Å². The summed E-state index contributed by atoms with van der Waals surface area (Å²) in [6.07, 6.45) is 3.17. The van der Waals surface area contributed by atoms with Gasteiger partial charge in [0.15, 0.2) is 0 Å². The van der Waals surface area contributed by atoms with Crippen LogP contribution in [0, 0.1) is 0 Å². The molecular weight excluding hydrogens is 358 g/mol. The van der Waals surface area contributed by atoms with Crippen LogP contribution < -0.4 is 10.0 Å². The molecule has 0 atom stereocenters. The molecule has 0 saturated heterocycles. The highest BCUT2D eigenvalue weighted by atomic mass is 79.9. The van der Waals surface area contributed by atoms with Gasteiger partial charge in [-0.3, -0.25) is 4.68 Å². The van der Waals surface area contributed by atoms with Crippen LogP contribution in [0.5, 0.6) is 0 Å². The molecule has 2 aromatic heterocycles. The Balaban J connectivity index is 2.26. The minimum absolute atomic E-state index is 0.112. The fourth-order valence-electron chi connectivity index (χ4n) is 1.75. The van der Waals surface area contributed by atoms with Gasteiger partial charge in [0, 0.05) is 30.5 Å². The average Bonchev–Trinajstić information content (AvgIpc) is 2.84. The summed E-state index contributed by atoms with van der Waals surface area (Å²) in [5.74, 6) is 0.332. The third-order valence-electron chi connectivity index (χ3n) is 2.82. The highest BCUT2D eigenvalue weighted by Gasteiger charge is 2.20. The van der Waals surface area contributed by atoms with E-state index >= 15 is 0 Å². The van der Waals surface area contributed by atoms with Crippen molar-refractivity contribution in [1.29, 1.82) is 0 Å². The van der Waals surface area contributed by atoms with Crippen molar-refractivity contribution in [2.45, 2.75) is 18.4 Å². The number of sulfonamides is 1. The number of rotatable bonds is 6. The molecule has 0 aliphatic heterocycles. The Labute approximate surface area is 132 Å². The van der Waals surface area contributed by atoms with Crippen molar-refractivity contribution in [2.75, 3.05) is 11.9 Å². The van der Waals surface area contributed by atoms with Gasteiger partial charge in [0.1, 0.15) is 10.7 Å². The molecule has 2 aromatic rings. The second-order valence-electron chi connectivity index (χ2n) is 4.30. The summed E-state index contributed by atoms with van der Waals surface area (Å²) in [6, 6.07) is 3.28. The topological polar surface area (TPSA) is 88.9 Å². The maximum Gasteiger partial charge on any atom is 0.244 e. The predicted molar refractivity (Wildman–Crippen MR) is 83.3 cm³/mol. The van der Waals surface area contributed by atoms with Gasteiger partial charge in [-0.15, -0.1) is 0 Å². The summed E-state index contributed by atoms with van der Waals surface area (Å²) >= 11 is 3.24. The van der Waals surface area contributed by atoms with E-state index in [1.165, 1.54) is 6.07 Å². The fourth-order valence-corrected chi connectivity index (χ4v) is 3.38. The van der Waals surface area contributed by atoms with Crippen molar-refractivity contribution in [1.82, 2.24) is 19.5 Å². The van der Waals surface area contributed by atoms with Crippen molar-refractivity contribution >= 4 is 31.8 Å². The van der Waals surface area contributed by atoms with Gasteiger partial charge in [-0.2, -0.15) is 5.10 Å². The minimum atomic E-state index is -3.67. The Morgan fingerprint density at radius 2 is 2.19 bits per heavy atom. The molecule has 2 heterocycles. The number of pyridine rings is 1. The first-order chi connectivity index (χ1) is 9.94. The Kier molecular flexibility index (Phi) is 4.96. The monoisotopic (exact) mass is 373 g/mol. The quantitative estimate of drug-likeness (QED) is 0.800. The number of hydrogen-bond donors (Lipinski definition) is 2. The van der Waals surface area contributed by atoms with Crippen LogP contribution >= 0.6 is 15.9 Å². The number of anilines is 1. The van der Waals surface area contributed by atoms with Crippen molar-refractivity contribution < 1.29 is 8.42 Å². The van der Waals surface area contributed by atoms with Crippen molar-refractivity contribution in [3.05, 3.63) is 34.7 Å². The molecule has 0 amide bonds. The molecule has 0 radical (unpaired) electrons. The van der Waals surface area contributed by atoms with E-state index in [0.717, 1.165) is 5.69 Å². The lowest BCUT2D eigenvalue weighted by atomic mass is 10.4. The number of nitrogens with zero attached hydrogens (tertiary/aromatic N) is 3. The summed E-state index contributed by atoms with van der Waals surface area (Å²) in [7, 11) is -1.92. The first-order valence-corrected chi connectivity index (χ1v) is 8.57. The largest absolute Gasteiger partial charge is 0.369 e. The zero-order valence-electron chi connectivity index (χ0n) is 11.7. The molecule has 0 aromatic carbocycles. The van der Waals surface area contributed by atoms with Crippen molar-refractivity contribution in [3.8, 4) is 0 Å². The Hall–Kier alpha value is -1.45.